The number of likely N-dealkylation sites (N-methyl/N-ethyl adjacent to an activating group) is 1. The molecule has 0 saturated carbocycles. The summed E-state index contributed by atoms with van der Waals surface area (Å²) in [5.74, 6) is -2.60. The molecule has 2 aliphatic rings. The molecule has 0 bridgehead atoms. The van der Waals surface area contributed by atoms with Gasteiger partial charge in [-0.3, -0.25) is 14.4 Å². The number of amides is 4. The predicted octanol–water partition coefficient (Wildman–Crippen LogP) is 1.89. The summed E-state index contributed by atoms with van der Waals surface area (Å²) < 4.78 is 13.2. The Labute approximate surface area is 211 Å². The molecule has 190 valence electrons. The van der Waals surface area contributed by atoms with Crippen molar-refractivity contribution in [2.24, 2.45) is 0 Å². The minimum absolute atomic E-state index is 0.0263. The van der Waals surface area contributed by atoms with Crippen LogP contribution in [-0.4, -0.2) is 81.1 Å². The first-order valence-corrected chi connectivity index (χ1v) is 11.6. The van der Waals surface area contributed by atoms with E-state index in [4.69, 9.17) is 11.6 Å². The average Bonchev–Trinajstić information content (AvgIpc) is 2.81. The van der Waals surface area contributed by atoms with Crippen molar-refractivity contribution in [1.29, 1.82) is 0 Å². The van der Waals surface area contributed by atoms with E-state index in [0.29, 0.717) is 10.6 Å². The number of carboxylic acid groups (broad SMARTS) is 1. The van der Waals surface area contributed by atoms with Gasteiger partial charge in [-0.2, -0.15) is 0 Å². The first-order valence-electron chi connectivity index (χ1n) is 11.2. The van der Waals surface area contributed by atoms with E-state index >= 15 is 0 Å². The van der Waals surface area contributed by atoms with Crippen molar-refractivity contribution in [3.63, 3.8) is 0 Å². The molecule has 0 spiro atoms. The van der Waals surface area contributed by atoms with Crippen molar-refractivity contribution in [1.82, 2.24) is 25.1 Å². The fraction of sp³-hybridized carbons (Fsp3) is 0.333. The minimum Gasteiger partial charge on any atom is -0.481 e. The highest BCUT2D eigenvalue weighted by molar-refractivity contribution is 6.30. The van der Waals surface area contributed by atoms with Crippen LogP contribution in [0.3, 0.4) is 0 Å². The standard InChI is InChI=1S/C24H25ClFN5O5/c1-28-14-21(32)30-19(10-22(33)34)23(35)29(12-16-3-2-4-17(25)9-16)13-20(30)31(28)24(36)27-11-15-5-7-18(26)8-6-15/h2-9,19-20H,10-14H2,1H3,(H,27,36)(H,33,34)/t19-,20-/m0/s1. The summed E-state index contributed by atoms with van der Waals surface area (Å²) in [6.45, 7) is -0.00367. The summed E-state index contributed by atoms with van der Waals surface area (Å²) in [6, 6.07) is 10.7. The Bertz CT molecular complexity index is 1180. The van der Waals surface area contributed by atoms with Gasteiger partial charge in [0.1, 0.15) is 18.0 Å². The molecule has 2 N–H and O–H groups in total. The van der Waals surface area contributed by atoms with Crippen LogP contribution in [0.15, 0.2) is 48.5 Å². The van der Waals surface area contributed by atoms with Crippen molar-refractivity contribution in [2.45, 2.75) is 31.7 Å². The molecule has 4 amide bonds. The Morgan fingerprint density at radius 2 is 1.86 bits per heavy atom. The van der Waals surface area contributed by atoms with Gasteiger partial charge in [0.15, 0.2) is 0 Å². The molecular formula is C24H25ClFN5O5. The largest absolute Gasteiger partial charge is 0.481 e. The molecule has 0 radical (unpaired) electrons. The zero-order chi connectivity index (χ0) is 26.0. The molecule has 4 rings (SSSR count). The van der Waals surface area contributed by atoms with E-state index in [1.807, 2.05) is 0 Å². The molecule has 2 fully saturated rings. The zero-order valence-electron chi connectivity index (χ0n) is 19.4. The van der Waals surface area contributed by atoms with E-state index in [0.717, 1.165) is 5.56 Å². The van der Waals surface area contributed by atoms with Crippen molar-refractivity contribution in [2.75, 3.05) is 20.1 Å². The predicted molar refractivity (Wildman–Crippen MR) is 127 cm³/mol. The highest BCUT2D eigenvalue weighted by atomic mass is 35.5. The summed E-state index contributed by atoms with van der Waals surface area (Å²) in [5.41, 5.74) is 1.39. The number of halogens is 2. The van der Waals surface area contributed by atoms with Gasteiger partial charge in [-0.25, -0.2) is 19.2 Å². The average molecular weight is 518 g/mol. The van der Waals surface area contributed by atoms with E-state index < -0.39 is 48.3 Å². The van der Waals surface area contributed by atoms with Crippen LogP contribution in [0.5, 0.6) is 0 Å². The number of rotatable bonds is 6. The molecule has 0 aliphatic carbocycles. The SMILES string of the molecule is CN1CC(=O)N2[C@@H](CC(=O)O)C(=O)N(Cc3cccc(Cl)c3)C[C@@H]2N1C(=O)NCc1ccc(F)cc1. The summed E-state index contributed by atoms with van der Waals surface area (Å²) in [6.07, 6.45) is -1.52. The van der Waals surface area contributed by atoms with Crippen LogP contribution in [0.25, 0.3) is 0 Å². The molecule has 2 aromatic carbocycles. The summed E-state index contributed by atoms with van der Waals surface area (Å²) in [5, 5.41) is 15.5. The van der Waals surface area contributed by atoms with E-state index in [1.165, 1.54) is 32.0 Å². The maximum atomic E-state index is 13.3. The smallest absolute Gasteiger partial charge is 0.334 e. The van der Waals surface area contributed by atoms with Gasteiger partial charge in [-0.1, -0.05) is 35.9 Å². The second-order valence-corrected chi connectivity index (χ2v) is 9.13. The second-order valence-electron chi connectivity index (χ2n) is 8.69. The van der Waals surface area contributed by atoms with Crippen LogP contribution in [-0.2, 0) is 27.5 Å². The number of benzene rings is 2. The Hall–Kier alpha value is -3.70. The highest BCUT2D eigenvalue weighted by Crippen LogP contribution is 2.28. The van der Waals surface area contributed by atoms with E-state index in [-0.39, 0.29) is 26.2 Å². The number of hydrogen-bond donors (Lipinski definition) is 2. The number of carbonyl (C=O) groups excluding carboxylic acids is 3. The number of carbonyl (C=O) groups is 4. The fourth-order valence-corrected chi connectivity index (χ4v) is 4.74. The first-order chi connectivity index (χ1) is 17.1. The molecule has 2 saturated heterocycles. The van der Waals surface area contributed by atoms with Crippen molar-refractivity contribution >= 4 is 35.4 Å². The van der Waals surface area contributed by atoms with E-state index in [9.17, 15) is 28.7 Å². The number of nitrogens with zero attached hydrogens (tertiary/aromatic N) is 4. The van der Waals surface area contributed by atoms with Crippen LogP contribution in [0.4, 0.5) is 9.18 Å². The van der Waals surface area contributed by atoms with Crippen molar-refractivity contribution < 1.29 is 28.7 Å². The summed E-state index contributed by atoms with van der Waals surface area (Å²) >= 11 is 6.08. The number of hydrazine groups is 1. The van der Waals surface area contributed by atoms with Gasteiger partial charge in [-0.15, -0.1) is 0 Å². The van der Waals surface area contributed by atoms with E-state index in [1.54, 1.807) is 43.4 Å². The monoisotopic (exact) mass is 517 g/mol. The molecule has 0 aromatic heterocycles. The molecule has 2 atom stereocenters. The Balaban J connectivity index is 1.61. The van der Waals surface area contributed by atoms with Gasteiger partial charge in [0, 0.05) is 25.2 Å². The molecule has 36 heavy (non-hydrogen) atoms. The van der Waals surface area contributed by atoms with Crippen LogP contribution < -0.4 is 5.32 Å². The maximum absolute atomic E-state index is 13.3. The first kappa shape index (κ1) is 25.4. The number of piperazine rings is 1. The third-order valence-electron chi connectivity index (χ3n) is 6.14. The number of nitrogens with one attached hydrogen (secondary N) is 1. The van der Waals surface area contributed by atoms with E-state index in [2.05, 4.69) is 5.32 Å². The number of hydrogen-bond acceptors (Lipinski definition) is 5. The van der Waals surface area contributed by atoms with Gasteiger partial charge in [-0.05, 0) is 35.4 Å². The number of aliphatic carboxylic acids is 1. The molecule has 0 unspecified atom stereocenters. The number of carboxylic acids is 1. The van der Waals surface area contributed by atoms with Gasteiger partial charge in [0.25, 0.3) is 0 Å². The van der Waals surface area contributed by atoms with Crippen LogP contribution in [0.2, 0.25) is 5.02 Å². The second kappa shape index (κ2) is 10.5. The topological polar surface area (TPSA) is 114 Å². The highest BCUT2D eigenvalue weighted by Gasteiger charge is 2.51. The Morgan fingerprint density at radius 3 is 2.53 bits per heavy atom. The summed E-state index contributed by atoms with van der Waals surface area (Å²) in [4.78, 5) is 53.8. The van der Waals surface area contributed by atoms with Gasteiger partial charge in [0.05, 0.1) is 19.5 Å². The Kier molecular flexibility index (Phi) is 7.41. The van der Waals surface area contributed by atoms with Crippen LogP contribution >= 0.6 is 11.6 Å². The normalized spacial score (nSPS) is 20.4. The lowest BCUT2D eigenvalue weighted by Gasteiger charge is -2.54. The van der Waals surface area contributed by atoms with Gasteiger partial charge < -0.3 is 20.2 Å². The summed E-state index contributed by atoms with van der Waals surface area (Å²) in [7, 11) is 1.57. The third-order valence-corrected chi connectivity index (χ3v) is 6.37. The molecule has 2 aliphatic heterocycles. The minimum atomic E-state index is -1.27. The number of fused-ring (bicyclic) bond motifs is 1. The molecule has 12 heteroatoms. The number of urea groups is 1. The lowest BCUT2D eigenvalue weighted by molar-refractivity contribution is -0.189. The van der Waals surface area contributed by atoms with Crippen LogP contribution in [0, 0.1) is 5.82 Å². The Morgan fingerprint density at radius 1 is 1.14 bits per heavy atom. The van der Waals surface area contributed by atoms with Crippen molar-refractivity contribution in [3.05, 3.63) is 70.5 Å². The quantitative estimate of drug-likeness (QED) is 0.605. The third kappa shape index (κ3) is 5.42. The molecule has 10 nitrogen and oxygen atoms in total. The van der Waals surface area contributed by atoms with Gasteiger partial charge >= 0.3 is 12.0 Å². The lowest BCUT2D eigenvalue weighted by Crippen LogP contribution is -2.76. The fourth-order valence-electron chi connectivity index (χ4n) is 4.53. The molecule has 2 heterocycles. The zero-order valence-corrected chi connectivity index (χ0v) is 20.2. The molecule has 2 aromatic rings. The maximum Gasteiger partial charge on any atom is 0.334 e. The van der Waals surface area contributed by atoms with Crippen molar-refractivity contribution in [3.8, 4) is 0 Å². The van der Waals surface area contributed by atoms with Gasteiger partial charge in [0.2, 0.25) is 11.8 Å². The van der Waals surface area contributed by atoms with Crippen LogP contribution in [0.1, 0.15) is 17.5 Å². The molecular weight excluding hydrogens is 493 g/mol. The lowest BCUT2D eigenvalue weighted by atomic mass is 10.0.